The Kier molecular flexibility index (Phi) is 2.97. The highest BCUT2D eigenvalue weighted by atomic mass is 16.1. The second kappa shape index (κ2) is 3.94. The van der Waals surface area contributed by atoms with Gasteiger partial charge in [0.25, 0.3) is 0 Å². The van der Waals surface area contributed by atoms with Crippen LogP contribution in [0.25, 0.3) is 0 Å². The minimum atomic E-state index is 0.118. The monoisotopic (exact) mass is 258 g/mol. The summed E-state index contributed by atoms with van der Waals surface area (Å²) in [6.45, 7) is 15.3. The molecule has 0 unspecified atom stereocenters. The summed E-state index contributed by atoms with van der Waals surface area (Å²) >= 11 is 0. The number of carbonyl (C=O) groups is 1. The predicted molar refractivity (Wildman–Crippen MR) is 80.5 cm³/mol. The Labute approximate surface area is 117 Å². The van der Waals surface area contributed by atoms with E-state index in [2.05, 4.69) is 60.6 Å². The van der Waals surface area contributed by atoms with E-state index in [0.29, 0.717) is 5.78 Å². The van der Waals surface area contributed by atoms with Crippen LogP contribution in [0, 0.1) is 16.7 Å². The molecule has 0 radical (unpaired) electrons. The van der Waals surface area contributed by atoms with Crippen molar-refractivity contribution >= 4 is 5.78 Å². The van der Waals surface area contributed by atoms with Gasteiger partial charge in [0.1, 0.15) is 0 Å². The summed E-state index contributed by atoms with van der Waals surface area (Å²) in [4.78, 5) is 12.6. The van der Waals surface area contributed by atoms with Crippen molar-refractivity contribution in [1.29, 1.82) is 0 Å². The molecule has 1 fully saturated rings. The van der Waals surface area contributed by atoms with Crippen molar-refractivity contribution in [3.8, 4) is 0 Å². The molecular weight excluding hydrogens is 232 g/mol. The zero-order valence-corrected chi connectivity index (χ0v) is 13.3. The molecule has 0 atom stereocenters. The topological polar surface area (TPSA) is 17.1 Å². The largest absolute Gasteiger partial charge is 0.294 e. The van der Waals surface area contributed by atoms with E-state index in [-0.39, 0.29) is 22.2 Å². The summed E-state index contributed by atoms with van der Waals surface area (Å²) in [5.41, 5.74) is 2.51. The molecule has 1 saturated carbocycles. The second-order valence-corrected chi connectivity index (χ2v) is 8.07. The van der Waals surface area contributed by atoms with Crippen molar-refractivity contribution < 1.29 is 4.79 Å². The number of ketones is 1. The van der Waals surface area contributed by atoms with Gasteiger partial charge in [-0.3, -0.25) is 4.79 Å². The van der Waals surface area contributed by atoms with Gasteiger partial charge < -0.3 is 0 Å². The second-order valence-electron chi connectivity index (χ2n) is 8.07. The van der Waals surface area contributed by atoms with E-state index >= 15 is 0 Å². The SMILES string of the molecule is CC(C)(C)c1ccc(C(=O)C2C(C)(C)C2(C)C)cc1. The van der Waals surface area contributed by atoms with Gasteiger partial charge >= 0.3 is 0 Å². The van der Waals surface area contributed by atoms with Crippen molar-refractivity contribution in [2.45, 2.75) is 53.9 Å². The van der Waals surface area contributed by atoms with Crippen LogP contribution in [-0.4, -0.2) is 5.78 Å². The van der Waals surface area contributed by atoms with E-state index in [1.807, 2.05) is 12.1 Å². The summed E-state index contributed by atoms with van der Waals surface area (Å²) < 4.78 is 0. The molecule has 0 aliphatic heterocycles. The fraction of sp³-hybridized carbons (Fsp3) is 0.611. The van der Waals surface area contributed by atoms with Crippen LogP contribution < -0.4 is 0 Å². The Morgan fingerprint density at radius 2 is 1.37 bits per heavy atom. The number of carbonyl (C=O) groups excluding carboxylic acids is 1. The van der Waals surface area contributed by atoms with Crippen molar-refractivity contribution in [3.63, 3.8) is 0 Å². The molecule has 0 aromatic heterocycles. The molecule has 2 rings (SSSR count). The first kappa shape index (κ1) is 14.3. The third kappa shape index (κ3) is 2.13. The minimum absolute atomic E-state index is 0.118. The van der Waals surface area contributed by atoms with Gasteiger partial charge in [0.05, 0.1) is 0 Å². The molecule has 1 heteroatoms. The molecule has 1 aromatic rings. The van der Waals surface area contributed by atoms with Gasteiger partial charge in [-0.15, -0.1) is 0 Å². The maximum Gasteiger partial charge on any atom is 0.167 e. The van der Waals surface area contributed by atoms with Gasteiger partial charge in [-0.1, -0.05) is 72.7 Å². The molecule has 1 aliphatic carbocycles. The van der Waals surface area contributed by atoms with E-state index in [4.69, 9.17) is 0 Å². The van der Waals surface area contributed by atoms with Crippen LogP contribution >= 0.6 is 0 Å². The molecule has 1 nitrogen and oxygen atoms in total. The Bertz CT molecular complexity index is 483. The molecule has 0 spiro atoms. The third-order valence-electron chi connectivity index (χ3n) is 5.32. The first-order chi connectivity index (χ1) is 8.49. The summed E-state index contributed by atoms with van der Waals surface area (Å²) in [5.74, 6) is 0.455. The lowest BCUT2D eigenvalue weighted by atomic mass is 9.86. The minimum Gasteiger partial charge on any atom is -0.294 e. The maximum absolute atomic E-state index is 12.6. The number of rotatable bonds is 2. The van der Waals surface area contributed by atoms with E-state index in [9.17, 15) is 4.79 Å². The lowest BCUT2D eigenvalue weighted by molar-refractivity contribution is 0.0945. The standard InChI is InChI=1S/C18H26O/c1-16(2,3)13-10-8-12(9-11-13)14(19)15-17(4,5)18(15,6)7/h8-11,15H,1-7H3. The van der Waals surface area contributed by atoms with Gasteiger partial charge in [0.15, 0.2) is 5.78 Å². The molecule has 0 bridgehead atoms. The highest BCUT2D eigenvalue weighted by Gasteiger charge is 2.67. The number of hydrogen-bond acceptors (Lipinski definition) is 1. The zero-order valence-electron chi connectivity index (χ0n) is 13.3. The molecule has 0 heterocycles. The zero-order chi connectivity index (χ0) is 14.6. The smallest absolute Gasteiger partial charge is 0.167 e. The van der Waals surface area contributed by atoms with Gasteiger partial charge in [-0.25, -0.2) is 0 Å². The number of hydrogen-bond donors (Lipinski definition) is 0. The van der Waals surface area contributed by atoms with Crippen LogP contribution in [0.15, 0.2) is 24.3 Å². The van der Waals surface area contributed by atoms with Crippen LogP contribution in [0.1, 0.15) is 64.4 Å². The molecule has 19 heavy (non-hydrogen) atoms. The quantitative estimate of drug-likeness (QED) is 0.693. The van der Waals surface area contributed by atoms with Crippen molar-refractivity contribution in [1.82, 2.24) is 0 Å². The molecule has 1 aromatic carbocycles. The molecule has 104 valence electrons. The normalized spacial score (nSPS) is 21.2. The van der Waals surface area contributed by atoms with Gasteiger partial charge in [-0.2, -0.15) is 0 Å². The van der Waals surface area contributed by atoms with Crippen LogP contribution in [0.5, 0.6) is 0 Å². The summed E-state index contributed by atoms with van der Waals surface area (Å²) in [6.07, 6.45) is 0. The highest BCUT2D eigenvalue weighted by molar-refractivity contribution is 6.01. The number of benzene rings is 1. The van der Waals surface area contributed by atoms with E-state index in [1.54, 1.807) is 0 Å². The highest BCUT2D eigenvalue weighted by Crippen LogP contribution is 2.69. The first-order valence-corrected chi connectivity index (χ1v) is 7.14. The van der Waals surface area contributed by atoms with Gasteiger partial charge in [0, 0.05) is 11.5 Å². The van der Waals surface area contributed by atoms with Crippen LogP contribution in [0.2, 0.25) is 0 Å². The predicted octanol–water partition coefficient (Wildman–Crippen LogP) is 4.85. The first-order valence-electron chi connectivity index (χ1n) is 7.14. The van der Waals surface area contributed by atoms with Crippen LogP contribution in [0.3, 0.4) is 0 Å². The Morgan fingerprint density at radius 3 is 1.68 bits per heavy atom. The third-order valence-corrected chi connectivity index (χ3v) is 5.32. The van der Waals surface area contributed by atoms with Crippen LogP contribution in [-0.2, 0) is 5.41 Å². The lowest BCUT2D eigenvalue weighted by Gasteiger charge is -2.19. The average molecular weight is 258 g/mol. The van der Waals surface area contributed by atoms with E-state index < -0.39 is 0 Å². The van der Waals surface area contributed by atoms with Gasteiger partial charge in [-0.05, 0) is 21.8 Å². The molecular formula is C18H26O. The Hall–Kier alpha value is -1.11. The van der Waals surface area contributed by atoms with Crippen molar-refractivity contribution in [3.05, 3.63) is 35.4 Å². The molecule has 0 amide bonds. The van der Waals surface area contributed by atoms with Crippen LogP contribution in [0.4, 0.5) is 0 Å². The van der Waals surface area contributed by atoms with E-state index in [1.165, 1.54) is 5.56 Å². The summed E-state index contributed by atoms with van der Waals surface area (Å²) in [7, 11) is 0. The molecule has 0 N–H and O–H groups in total. The summed E-state index contributed by atoms with van der Waals surface area (Å²) in [5, 5.41) is 0. The van der Waals surface area contributed by atoms with E-state index in [0.717, 1.165) is 5.56 Å². The number of Topliss-reactive ketones (excluding diaryl/α,β-unsaturated/α-hetero) is 1. The fourth-order valence-electron chi connectivity index (χ4n) is 3.15. The molecule has 1 aliphatic rings. The Morgan fingerprint density at radius 1 is 0.947 bits per heavy atom. The molecule has 0 saturated heterocycles. The maximum atomic E-state index is 12.6. The van der Waals surface area contributed by atoms with Crippen molar-refractivity contribution in [2.24, 2.45) is 16.7 Å². The van der Waals surface area contributed by atoms with Gasteiger partial charge in [0.2, 0.25) is 0 Å². The lowest BCUT2D eigenvalue weighted by Crippen LogP contribution is -2.12. The average Bonchev–Trinajstić information content (AvgIpc) is 2.67. The Balaban J connectivity index is 2.24. The summed E-state index contributed by atoms with van der Waals surface area (Å²) in [6, 6.07) is 8.17. The van der Waals surface area contributed by atoms with Crippen molar-refractivity contribution in [2.75, 3.05) is 0 Å². The fourth-order valence-corrected chi connectivity index (χ4v) is 3.15.